The van der Waals surface area contributed by atoms with Crippen molar-refractivity contribution < 1.29 is 23.5 Å². The highest BCUT2D eigenvalue weighted by molar-refractivity contribution is 7.54. The van der Waals surface area contributed by atoms with Gasteiger partial charge in [0.1, 0.15) is 11.5 Å². The Morgan fingerprint density at radius 2 is 1.56 bits per heavy atom. The molecule has 2 aromatic rings. The molecule has 0 saturated heterocycles. The number of aliphatic hydroxyl groups excluding tert-OH is 1. The molecule has 0 bridgehead atoms. The molecule has 25 heavy (non-hydrogen) atoms. The summed E-state index contributed by atoms with van der Waals surface area (Å²) in [6.45, 7) is 7.01. The van der Waals surface area contributed by atoms with E-state index >= 15 is 0 Å². The lowest BCUT2D eigenvalue weighted by atomic mass is 10.2. The van der Waals surface area contributed by atoms with Crippen LogP contribution >= 0.6 is 7.60 Å². The Morgan fingerprint density at radius 3 is 2.16 bits per heavy atom. The first-order valence-electron chi connectivity index (χ1n) is 7.70. The van der Waals surface area contributed by atoms with Gasteiger partial charge >= 0.3 is 7.60 Å². The van der Waals surface area contributed by atoms with Gasteiger partial charge in [0.15, 0.2) is 5.85 Å². The summed E-state index contributed by atoms with van der Waals surface area (Å²) in [6, 6.07) is 15.9. The highest BCUT2D eigenvalue weighted by atomic mass is 31.2. The van der Waals surface area contributed by atoms with Crippen LogP contribution in [0.3, 0.4) is 0 Å². The highest BCUT2D eigenvalue weighted by Gasteiger charge is 2.35. The van der Waals surface area contributed by atoms with Gasteiger partial charge in [0.05, 0.1) is 13.2 Å². The first kappa shape index (κ1) is 19.2. The Morgan fingerprint density at radius 1 is 0.960 bits per heavy atom. The summed E-state index contributed by atoms with van der Waals surface area (Å²) < 4.78 is 29.1. The summed E-state index contributed by atoms with van der Waals surface area (Å²) in [5.74, 6) is -0.295. The Hall–Kier alpha value is -2.17. The minimum atomic E-state index is -3.81. The maximum atomic E-state index is 12.9. The Kier molecular flexibility index (Phi) is 7.16. The fourth-order valence-electron chi connectivity index (χ4n) is 2.04. The summed E-state index contributed by atoms with van der Waals surface area (Å²) >= 11 is 0. The summed E-state index contributed by atoms with van der Waals surface area (Å²) in [5.41, 5.74) is 0.366. The minimum Gasteiger partial charge on any atom is -0.457 e. The van der Waals surface area contributed by atoms with Crippen LogP contribution in [0.5, 0.6) is 11.5 Å². The molecule has 0 spiro atoms. The van der Waals surface area contributed by atoms with Crippen molar-refractivity contribution in [2.45, 2.75) is 5.85 Å². The summed E-state index contributed by atoms with van der Waals surface area (Å²) in [7, 11) is -3.81. The van der Waals surface area contributed by atoms with Gasteiger partial charge in [-0.15, -0.1) is 13.2 Å². The number of hydrogen-bond donors (Lipinski definition) is 1. The van der Waals surface area contributed by atoms with Gasteiger partial charge in [-0.05, 0) is 29.8 Å². The van der Waals surface area contributed by atoms with Gasteiger partial charge < -0.3 is 18.9 Å². The van der Waals surface area contributed by atoms with E-state index in [9.17, 15) is 9.67 Å². The monoisotopic (exact) mass is 360 g/mol. The number of para-hydroxylation sites is 1. The molecular weight excluding hydrogens is 339 g/mol. The molecule has 0 aliphatic heterocycles. The molecular formula is C19H21O5P. The van der Waals surface area contributed by atoms with Crippen LogP contribution in [0, 0.1) is 0 Å². The molecule has 1 atom stereocenters. The van der Waals surface area contributed by atoms with E-state index in [4.69, 9.17) is 13.8 Å². The van der Waals surface area contributed by atoms with Crippen molar-refractivity contribution in [2.75, 3.05) is 13.2 Å². The maximum absolute atomic E-state index is 12.9. The van der Waals surface area contributed by atoms with E-state index in [1.54, 1.807) is 24.3 Å². The summed E-state index contributed by atoms with van der Waals surface area (Å²) in [6.07, 6.45) is 2.87. The van der Waals surface area contributed by atoms with Crippen molar-refractivity contribution in [2.24, 2.45) is 0 Å². The molecule has 5 nitrogen and oxygen atoms in total. The van der Waals surface area contributed by atoms with Gasteiger partial charge in [-0.1, -0.05) is 42.5 Å². The first-order valence-corrected chi connectivity index (χ1v) is 9.32. The van der Waals surface area contributed by atoms with Crippen LogP contribution in [0.2, 0.25) is 0 Å². The highest BCUT2D eigenvalue weighted by Crippen LogP contribution is 2.59. The lowest BCUT2D eigenvalue weighted by molar-refractivity contribution is 0.158. The van der Waals surface area contributed by atoms with E-state index in [-0.39, 0.29) is 13.2 Å². The molecule has 0 aliphatic carbocycles. The van der Waals surface area contributed by atoms with Crippen molar-refractivity contribution in [1.82, 2.24) is 0 Å². The molecule has 0 saturated carbocycles. The standard InChI is InChI=1S/C19H21O5P/c1-3-13-22-25(21,23-14-4-2)19(20)16-9-8-12-18(15-16)24-17-10-6-5-7-11-17/h3-12,15,19-20H,1-2,13-14H2/t19-/m0/s1. The number of hydrogen-bond acceptors (Lipinski definition) is 5. The second-order valence-corrected chi connectivity index (χ2v) is 7.16. The van der Waals surface area contributed by atoms with Crippen LogP contribution < -0.4 is 4.74 Å². The molecule has 0 radical (unpaired) electrons. The minimum absolute atomic E-state index is 0.00825. The van der Waals surface area contributed by atoms with Crippen LogP contribution in [0.4, 0.5) is 0 Å². The Labute approximate surface area is 147 Å². The molecule has 0 unspecified atom stereocenters. The predicted molar refractivity (Wildman–Crippen MR) is 97.8 cm³/mol. The third-order valence-electron chi connectivity index (χ3n) is 3.18. The van der Waals surface area contributed by atoms with Crippen molar-refractivity contribution in [3.8, 4) is 11.5 Å². The average Bonchev–Trinajstić information content (AvgIpc) is 2.65. The molecule has 0 amide bonds. The van der Waals surface area contributed by atoms with Gasteiger partial charge in [0, 0.05) is 0 Å². The smallest absolute Gasteiger partial charge is 0.364 e. The third-order valence-corrected chi connectivity index (χ3v) is 5.09. The zero-order chi connectivity index (χ0) is 18.1. The van der Waals surface area contributed by atoms with E-state index in [2.05, 4.69) is 13.2 Å². The van der Waals surface area contributed by atoms with Gasteiger partial charge in [-0.2, -0.15) is 0 Å². The molecule has 0 fully saturated rings. The second-order valence-electron chi connectivity index (χ2n) is 5.07. The predicted octanol–water partition coefficient (Wildman–Crippen LogP) is 5.07. The molecule has 2 rings (SSSR count). The van der Waals surface area contributed by atoms with Crippen molar-refractivity contribution >= 4 is 7.60 Å². The Bertz CT molecular complexity index is 728. The van der Waals surface area contributed by atoms with Crippen LogP contribution in [-0.4, -0.2) is 18.3 Å². The molecule has 0 heterocycles. The van der Waals surface area contributed by atoms with Crippen molar-refractivity contribution in [1.29, 1.82) is 0 Å². The second kappa shape index (κ2) is 9.35. The van der Waals surface area contributed by atoms with Gasteiger partial charge in [-0.3, -0.25) is 4.57 Å². The van der Waals surface area contributed by atoms with Crippen LogP contribution in [0.15, 0.2) is 79.9 Å². The molecule has 1 N–H and O–H groups in total. The summed E-state index contributed by atoms with van der Waals surface area (Å²) in [5, 5.41) is 10.5. The molecule has 6 heteroatoms. The van der Waals surface area contributed by atoms with E-state index in [0.717, 1.165) is 0 Å². The average molecular weight is 360 g/mol. The van der Waals surface area contributed by atoms with E-state index in [0.29, 0.717) is 17.1 Å². The van der Waals surface area contributed by atoms with Gasteiger partial charge in [-0.25, -0.2) is 0 Å². The largest absolute Gasteiger partial charge is 0.457 e. The van der Waals surface area contributed by atoms with E-state index in [1.807, 2.05) is 30.3 Å². The fourth-order valence-corrected chi connectivity index (χ4v) is 3.55. The van der Waals surface area contributed by atoms with Gasteiger partial charge in [0.25, 0.3) is 0 Å². The quantitative estimate of drug-likeness (QED) is 0.473. The fraction of sp³-hybridized carbons (Fsp3) is 0.158. The SMILES string of the molecule is C=CCOP(=O)(OCC=C)[C@H](O)c1cccc(Oc2ccccc2)c1. The third kappa shape index (κ3) is 5.41. The molecule has 2 aromatic carbocycles. The molecule has 0 aromatic heterocycles. The van der Waals surface area contributed by atoms with E-state index < -0.39 is 13.4 Å². The number of ether oxygens (including phenoxy) is 1. The van der Waals surface area contributed by atoms with Crippen molar-refractivity contribution in [3.63, 3.8) is 0 Å². The lowest BCUT2D eigenvalue weighted by Crippen LogP contribution is -2.06. The number of aliphatic hydroxyl groups is 1. The zero-order valence-electron chi connectivity index (χ0n) is 13.8. The van der Waals surface area contributed by atoms with Crippen molar-refractivity contribution in [3.05, 3.63) is 85.5 Å². The van der Waals surface area contributed by atoms with Crippen LogP contribution in [0.1, 0.15) is 11.4 Å². The lowest BCUT2D eigenvalue weighted by Gasteiger charge is -2.23. The zero-order valence-corrected chi connectivity index (χ0v) is 14.7. The summed E-state index contributed by atoms with van der Waals surface area (Å²) in [4.78, 5) is 0. The molecule has 132 valence electrons. The molecule has 0 aliphatic rings. The van der Waals surface area contributed by atoms with E-state index in [1.165, 1.54) is 12.2 Å². The van der Waals surface area contributed by atoms with Crippen LogP contribution in [-0.2, 0) is 13.6 Å². The van der Waals surface area contributed by atoms with Gasteiger partial charge in [0.2, 0.25) is 0 Å². The normalized spacial score (nSPS) is 12.4. The topological polar surface area (TPSA) is 65.0 Å². The Balaban J connectivity index is 2.22. The number of benzene rings is 2. The van der Waals surface area contributed by atoms with Crippen LogP contribution in [0.25, 0.3) is 0 Å². The maximum Gasteiger partial charge on any atom is 0.364 e. The number of rotatable bonds is 10. The first-order chi connectivity index (χ1) is 12.1.